The number of anilines is 1. The first-order chi connectivity index (χ1) is 18.9. The maximum atomic E-state index is 13.6. The summed E-state index contributed by atoms with van der Waals surface area (Å²) in [5, 5.41) is 14.5. The number of aromatic nitrogens is 3. The molecule has 3 aromatic carbocycles. The smallest absolute Gasteiger partial charge is 0.251 e. The van der Waals surface area contributed by atoms with Gasteiger partial charge in [-0.2, -0.15) is 0 Å². The molecule has 2 N–H and O–H groups in total. The second kappa shape index (κ2) is 12.8. The number of hydrogen-bond acceptors (Lipinski definition) is 8. The van der Waals surface area contributed by atoms with E-state index in [2.05, 4.69) is 20.8 Å². The van der Waals surface area contributed by atoms with E-state index in [1.807, 2.05) is 0 Å². The van der Waals surface area contributed by atoms with Crippen molar-refractivity contribution in [3.8, 4) is 22.9 Å². The molecule has 202 valence electrons. The molecule has 0 aliphatic rings. The summed E-state index contributed by atoms with van der Waals surface area (Å²) >= 11 is 1.16. The van der Waals surface area contributed by atoms with Gasteiger partial charge in [0.1, 0.15) is 23.1 Å². The number of nitrogens with zero attached hydrogens (tertiary/aromatic N) is 3. The Hall–Kier alpha value is -4.58. The highest BCUT2D eigenvalue weighted by molar-refractivity contribution is 7.99. The maximum absolute atomic E-state index is 13.6. The predicted molar refractivity (Wildman–Crippen MR) is 144 cm³/mol. The quantitative estimate of drug-likeness (QED) is 0.268. The van der Waals surface area contributed by atoms with Gasteiger partial charge in [0.25, 0.3) is 5.91 Å². The van der Waals surface area contributed by atoms with E-state index in [0.29, 0.717) is 45.2 Å². The molecule has 1 heterocycles. The number of thioether (sulfide) groups is 1. The fourth-order valence-corrected chi connectivity index (χ4v) is 4.33. The van der Waals surface area contributed by atoms with Gasteiger partial charge < -0.3 is 24.8 Å². The molecule has 0 saturated carbocycles. The van der Waals surface area contributed by atoms with Crippen LogP contribution in [0.3, 0.4) is 0 Å². The Bertz CT molecular complexity index is 1420. The number of benzene rings is 3. The van der Waals surface area contributed by atoms with Crippen LogP contribution in [0, 0.1) is 5.82 Å². The largest absolute Gasteiger partial charge is 0.497 e. The minimum Gasteiger partial charge on any atom is -0.497 e. The molecule has 0 spiro atoms. The third-order valence-electron chi connectivity index (χ3n) is 5.51. The van der Waals surface area contributed by atoms with Crippen molar-refractivity contribution < 1.29 is 28.2 Å². The van der Waals surface area contributed by atoms with Crippen LogP contribution in [0.1, 0.15) is 16.2 Å². The molecule has 4 aromatic rings. The number of rotatable bonds is 11. The molecule has 0 atom stereocenters. The van der Waals surface area contributed by atoms with E-state index in [0.717, 1.165) is 11.8 Å². The summed E-state index contributed by atoms with van der Waals surface area (Å²) in [6, 6.07) is 17.6. The molecule has 0 aliphatic carbocycles. The summed E-state index contributed by atoms with van der Waals surface area (Å²) in [6.07, 6.45) is 0. The molecule has 0 saturated heterocycles. The minimum atomic E-state index is -0.401. The molecule has 12 heteroatoms. The van der Waals surface area contributed by atoms with Gasteiger partial charge in [0.2, 0.25) is 5.91 Å². The van der Waals surface area contributed by atoms with Crippen molar-refractivity contribution in [2.75, 3.05) is 32.4 Å². The standard InChI is InChI=1S/C27H26FN5O5S/c1-36-21-10-6-19(7-11-21)30-25(34)16-39-27-32-31-24(33(27)20-8-4-18(28)5-9-20)15-29-26(35)17-12-22(37-2)14-23(13-17)38-3/h4-14H,15-16H2,1-3H3,(H,29,35)(H,30,34). The number of ether oxygens (including phenoxy) is 3. The third-order valence-corrected chi connectivity index (χ3v) is 6.44. The Labute approximate surface area is 228 Å². The van der Waals surface area contributed by atoms with Crippen molar-refractivity contribution in [2.45, 2.75) is 11.7 Å². The number of amides is 2. The normalized spacial score (nSPS) is 10.6. The zero-order valence-electron chi connectivity index (χ0n) is 21.4. The summed E-state index contributed by atoms with van der Waals surface area (Å²) in [5.41, 5.74) is 1.54. The van der Waals surface area contributed by atoms with E-state index in [9.17, 15) is 14.0 Å². The Morgan fingerprint density at radius 2 is 1.51 bits per heavy atom. The molecule has 0 radical (unpaired) electrons. The number of halogens is 1. The van der Waals surface area contributed by atoms with Crippen molar-refractivity contribution in [3.05, 3.63) is 83.9 Å². The highest BCUT2D eigenvalue weighted by Crippen LogP contribution is 2.25. The van der Waals surface area contributed by atoms with Crippen LogP contribution in [-0.2, 0) is 11.3 Å². The van der Waals surface area contributed by atoms with Gasteiger partial charge in [-0.1, -0.05) is 11.8 Å². The number of methoxy groups -OCH3 is 3. The first-order valence-corrected chi connectivity index (χ1v) is 12.7. The van der Waals surface area contributed by atoms with Gasteiger partial charge in [0.15, 0.2) is 11.0 Å². The van der Waals surface area contributed by atoms with Crippen molar-refractivity contribution in [2.24, 2.45) is 0 Å². The van der Waals surface area contributed by atoms with Gasteiger partial charge in [0, 0.05) is 23.0 Å². The zero-order chi connectivity index (χ0) is 27.8. The Morgan fingerprint density at radius 1 is 0.872 bits per heavy atom. The summed E-state index contributed by atoms with van der Waals surface area (Å²) in [7, 11) is 4.56. The van der Waals surface area contributed by atoms with Gasteiger partial charge in [0.05, 0.1) is 33.6 Å². The Balaban J connectivity index is 1.50. The lowest BCUT2D eigenvalue weighted by Crippen LogP contribution is -2.24. The Kier molecular flexibility index (Phi) is 9.00. The molecule has 0 unspecified atom stereocenters. The maximum Gasteiger partial charge on any atom is 0.251 e. The van der Waals surface area contributed by atoms with Crippen LogP contribution in [0.5, 0.6) is 17.2 Å². The fourth-order valence-electron chi connectivity index (χ4n) is 3.56. The summed E-state index contributed by atoms with van der Waals surface area (Å²) in [5.74, 6) is 1.03. The molecule has 0 fully saturated rings. The van der Waals surface area contributed by atoms with Crippen LogP contribution < -0.4 is 24.8 Å². The second-order valence-corrected chi connectivity index (χ2v) is 9.00. The van der Waals surface area contributed by atoms with Gasteiger partial charge in [-0.3, -0.25) is 14.2 Å². The summed E-state index contributed by atoms with van der Waals surface area (Å²) in [4.78, 5) is 25.5. The van der Waals surface area contributed by atoms with Gasteiger partial charge >= 0.3 is 0 Å². The van der Waals surface area contributed by atoms with Crippen LogP contribution in [0.4, 0.5) is 10.1 Å². The van der Waals surface area contributed by atoms with Crippen molar-refractivity contribution in [1.82, 2.24) is 20.1 Å². The molecule has 0 bridgehead atoms. The Morgan fingerprint density at radius 3 is 2.13 bits per heavy atom. The number of nitrogens with one attached hydrogen (secondary N) is 2. The lowest BCUT2D eigenvalue weighted by molar-refractivity contribution is -0.113. The average molecular weight is 552 g/mol. The first kappa shape index (κ1) is 27.5. The average Bonchev–Trinajstić information content (AvgIpc) is 3.37. The van der Waals surface area contributed by atoms with Crippen molar-refractivity contribution in [1.29, 1.82) is 0 Å². The van der Waals surface area contributed by atoms with Gasteiger partial charge in [-0.25, -0.2) is 4.39 Å². The summed E-state index contributed by atoms with van der Waals surface area (Å²) < 4.78 is 30.9. The summed E-state index contributed by atoms with van der Waals surface area (Å²) in [6.45, 7) is 0.0152. The van der Waals surface area contributed by atoms with Gasteiger partial charge in [-0.05, 0) is 60.7 Å². The highest BCUT2D eigenvalue weighted by Gasteiger charge is 2.18. The molecule has 1 aromatic heterocycles. The SMILES string of the molecule is COc1ccc(NC(=O)CSc2nnc(CNC(=O)c3cc(OC)cc(OC)c3)n2-c2ccc(F)cc2)cc1. The van der Waals surface area contributed by atoms with Crippen LogP contribution in [0.2, 0.25) is 0 Å². The molecule has 39 heavy (non-hydrogen) atoms. The number of hydrogen-bond donors (Lipinski definition) is 2. The van der Waals surface area contributed by atoms with Crippen LogP contribution >= 0.6 is 11.8 Å². The number of carbonyl (C=O) groups excluding carboxylic acids is 2. The molecule has 0 aliphatic heterocycles. The van der Waals surface area contributed by atoms with Crippen LogP contribution in [-0.4, -0.2) is 53.7 Å². The van der Waals surface area contributed by atoms with E-state index in [1.165, 1.54) is 26.4 Å². The monoisotopic (exact) mass is 551 g/mol. The molecular weight excluding hydrogens is 525 g/mol. The van der Waals surface area contributed by atoms with Crippen LogP contribution in [0.15, 0.2) is 71.9 Å². The van der Waals surface area contributed by atoms with Crippen molar-refractivity contribution >= 4 is 29.3 Å². The van der Waals surface area contributed by atoms with E-state index in [1.54, 1.807) is 66.3 Å². The molecule has 4 rings (SSSR count). The van der Waals surface area contributed by atoms with Crippen molar-refractivity contribution in [3.63, 3.8) is 0 Å². The third kappa shape index (κ3) is 7.05. The van der Waals surface area contributed by atoms with Gasteiger partial charge in [-0.15, -0.1) is 10.2 Å². The highest BCUT2D eigenvalue weighted by atomic mass is 32.2. The minimum absolute atomic E-state index is 0.0152. The molecular formula is C27H26FN5O5S. The van der Waals surface area contributed by atoms with Crippen LogP contribution in [0.25, 0.3) is 5.69 Å². The first-order valence-electron chi connectivity index (χ1n) is 11.7. The predicted octanol–water partition coefficient (Wildman–Crippen LogP) is 4.09. The zero-order valence-corrected chi connectivity index (χ0v) is 22.3. The second-order valence-electron chi connectivity index (χ2n) is 8.06. The lowest BCUT2D eigenvalue weighted by Gasteiger charge is -2.12. The van der Waals surface area contributed by atoms with E-state index < -0.39 is 5.82 Å². The van der Waals surface area contributed by atoms with E-state index >= 15 is 0 Å². The fraction of sp³-hybridized carbons (Fsp3) is 0.185. The van der Waals surface area contributed by atoms with E-state index in [-0.39, 0.29) is 24.1 Å². The number of carbonyl (C=O) groups is 2. The lowest BCUT2D eigenvalue weighted by atomic mass is 10.2. The topological polar surface area (TPSA) is 117 Å². The molecule has 10 nitrogen and oxygen atoms in total. The van der Waals surface area contributed by atoms with E-state index in [4.69, 9.17) is 14.2 Å². The molecule has 2 amide bonds.